The molecule has 0 saturated heterocycles. The predicted octanol–water partition coefficient (Wildman–Crippen LogP) is 12.3. The van der Waals surface area contributed by atoms with Gasteiger partial charge >= 0.3 is 0 Å². The Hall–Kier alpha value is -6.26. The van der Waals surface area contributed by atoms with Crippen molar-refractivity contribution >= 4 is 39.0 Å². The molecule has 46 heavy (non-hydrogen) atoms. The van der Waals surface area contributed by atoms with Gasteiger partial charge in [-0.3, -0.25) is 0 Å². The molecule has 4 nitrogen and oxygen atoms in total. The number of hydrogen-bond acceptors (Lipinski definition) is 4. The van der Waals surface area contributed by atoms with Crippen molar-refractivity contribution in [2.75, 3.05) is 4.90 Å². The SMILES string of the molecule is c1ccc(-c2cc(-c3ccccc3)cc(N(c3ccc4c(c3)Oc3ccccc3O4)c3ccc4c(c3)oc3ccccc34)c2)cc1. The summed E-state index contributed by atoms with van der Waals surface area (Å²) < 4.78 is 18.9. The number of ether oxygens (including phenoxy) is 2. The molecule has 4 heteroatoms. The van der Waals surface area contributed by atoms with Crippen LogP contribution < -0.4 is 14.4 Å². The van der Waals surface area contributed by atoms with Crippen molar-refractivity contribution in [3.8, 4) is 45.3 Å². The number of hydrogen-bond donors (Lipinski definition) is 0. The van der Waals surface area contributed by atoms with E-state index in [-0.39, 0.29) is 0 Å². The molecule has 8 aromatic rings. The van der Waals surface area contributed by atoms with Crippen molar-refractivity contribution < 1.29 is 13.9 Å². The highest BCUT2D eigenvalue weighted by Crippen LogP contribution is 2.49. The van der Waals surface area contributed by atoms with Gasteiger partial charge in [0, 0.05) is 34.3 Å². The van der Waals surface area contributed by atoms with E-state index in [1.54, 1.807) is 0 Å². The Balaban J connectivity index is 1.26. The number of para-hydroxylation sites is 3. The van der Waals surface area contributed by atoms with E-state index in [2.05, 4.69) is 102 Å². The van der Waals surface area contributed by atoms with Crippen LogP contribution in [0.25, 0.3) is 44.2 Å². The van der Waals surface area contributed by atoms with Crippen molar-refractivity contribution in [2.24, 2.45) is 0 Å². The molecule has 0 radical (unpaired) electrons. The fourth-order valence-electron chi connectivity index (χ4n) is 6.29. The quantitative estimate of drug-likeness (QED) is 0.199. The molecule has 0 aliphatic carbocycles. The maximum absolute atomic E-state index is 6.37. The Kier molecular flexibility index (Phi) is 6.10. The highest BCUT2D eigenvalue weighted by atomic mass is 16.6. The molecule has 0 N–H and O–H groups in total. The molecule has 1 aromatic heterocycles. The molecule has 0 bridgehead atoms. The van der Waals surface area contributed by atoms with Gasteiger partial charge in [-0.25, -0.2) is 0 Å². The van der Waals surface area contributed by atoms with Crippen molar-refractivity contribution in [1.82, 2.24) is 0 Å². The number of benzene rings is 7. The summed E-state index contributed by atoms with van der Waals surface area (Å²) in [7, 11) is 0. The van der Waals surface area contributed by atoms with Crippen molar-refractivity contribution in [2.45, 2.75) is 0 Å². The van der Waals surface area contributed by atoms with E-state index in [1.165, 1.54) is 0 Å². The summed E-state index contributed by atoms with van der Waals surface area (Å²) in [5.41, 5.74) is 9.15. The number of nitrogens with zero attached hydrogens (tertiary/aromatic N) is 1. The summed E-state index contributed by atoms with van der Waals surface area (Å²) in [5.74, 6) is 2.74. The number of rotatable bonds is 5. The van der Waals surface area contributed by atoms with Crippen LogP contribution >= 0.6 is 0 Å². The first-order valence-corrected chi connectivity index (χ1v) is 15.3. The van der Waals surface area contributed by atoms with E-state index in [1.807, 2.05) is 66.7 Å². The van der Waals surface area contributed by atoms with Gasteiger partial charge < -0.3 is 18.8 Å². The van der Waals surface area contributed by atoms with Crippen LogP contribution in [0.15, 0.2) is 168 Å². The van der Waals surface area contributed by atoms with Gasteiger partial charge in [0.05, 0.1) is 5.69 Å². The third-order valence-corrected chi connectivity index (χ3v) is 8.49. The van der Waals surface area contributed by atoms with Crippen LogP contribution in [-0.4, -0.2) is 0 Å². The summed E-state index contributed by atoms with van der Waals surface area (Å²) in [4.78, 5) is 2.26. The van der Waals surface area contributed by atoms with Crippen LogP contribution in [0.4, 0.5) is 17.1 Å². The topological polar surface area (TPSA) is 34.8 Å². The van der Waals surface area contributed by atoms with Crippen LogP contribution in [0.1, 0.15) is 0 Å². The predicted molar refractivity (Wildman–Crippen MR) is 186 cm³/mol. The van der Waals surface area contributed by atoms with Crippen molar-refractivity contribution in [3.05, 3.63) is 164 Å². The van der Waals surface area contributed by atoms with Gasteiger partial charge in [-0.2, -0.15) is 0 Å². The maximum atomic E-state index is 6.37. The third-order valence-electron chi connectivity index (χ3n) is 8.49. The summed E-state index contributed by atoms with van der Waals surface area (Å²) in [6, 6.07) is 56.2. The van der Waals surface area contributed by atoms with Gasteiger partial charge in [-0.05, 0) is 82.9 Å². The number of fused-ring (bicyclic) bond motifs is 5. The second kappa shape index (κ2) is 10.7. The fraction of sp³-hybridized carbons (Fsp3) is 0. The molecule has 0 atom stereocenters. The third kappa shape index (κ3) is 4.56. The molecule has 7 aromatic carbocycles. The highest BCUT2D eigenvalue weighted by molar-refractivity contribution is 6.06. The van der Waals surface area contributed by atoms with Gasteiger partial charge in [0.25, 0.3) is 0 Å². The van der Waals surface area contributed by atoms with Crippen LogP contribution in [0.2, 0.25) is 0 Å². The lowest BCUT2D eigenvalue weighted by Gasteiger charge is -2.28. The van der Waals surface area contributed by atoms with Crippen LogP contribution in [-0.2, 0) is 0 Å². The lowest BCUT2D eigenvalue weighted by molar-refractivity contribution is 0.360. The van der Waals surface area contributed by atoms with Crippen LogP contribution in [0, 0.1) is 0 Å². The first-order chi connectivity index (χ1) is 22.8. The van der Waals surface area contributed by atoms with E-state index in [0.717, 1.165) is 61.3 Å². The lowest BCUT2D eigenvalue weighted by atomic mass is 9.97. The van der Waals surface area contributed by atoms with E-state index in [0.29, 0.717) is 23.0 Å². The molecule has 0 saturated carbocycles. The fourth-order valence-corrected chi connectivity index (χ4v) is 6.29. The van der Waals surface area contributed by atoms with Crippen molar-refractivity contribution in [1.29, 1.82) is 0 Å². The lowest BCUT2D eigenvalue weighted by Crippen LogP contribution is -2.11. The maximum Gasteiger partial charge on any atom is 0.172 e. The molecule has 1 aliphatic rings. The average Bonchev–Trinajstić information content (AvgIpc) is 3.49. The molecule has 0 spiro atoms. The van der Waals surface area contributed by atoms with Crippen LogP contribution in [0.5, 0.6) is 23.0 Å². The Morgan fingerprint density at radius 3 is 1.59 bits per heavy atom. The van der Waals surface area contributed by atoms with Gasteiger partial charge in [-0.1, -0.05) is 91.0 Å². The van der Waals surface area contributed by atoms with Gasteiger partial charge in [-0.15, -0.1) is 0 Å². The molecule has 0 amide bonds. The molecule has 9 rings (SSSR count). The second-order valence-electron chi connectivity index (χ2n) is 11.4. The zero-order valence-electron chi connectivity index (χ0n) is 24.8. The molecular formula is C42H27NO3. The molecule has 1 aliphatic heterocycles. The Morgan fingerprint density at radius 2 is 0.870 bits per heavy atom. The molecule has 2 heterocycles. The first-order valence-electron chi connectivity index (χ1n) is 15.3. The minimum absolute atomic E-state index is 0.661. The Morgan fingerprint density at radius 1 is 0.326 bits per heavy atom. The Bertz CT molecular complexity index is 2320. The van der Waals surface area contributed by atoms with Gasteiger partial charge in [0.2, 0.25) is 0 Å². The summed E-state index contributed by atoms with van der Waals surface area (Å²) >= 11 is 0. The smallest absolute Gasteiger partial charge is 0.172 e. The monoisotopic (exact) mass is 593 g/mol. The van der Waals surface area contributed by atoms with Crippen molar-refractivity contribution in [3.63, 3.8) is 0 Å². The summed E-state index contributed by atoms with van der Waals surface area (Å²) in [6.07, 6.45) is 0. The Labute approximate surface area is 266 Å². The van der Waals surface area contributed by atoms with Crippen LogP contribution in [0.3, 0.4) is 0 Å². The van der Waals surface area contributed by atoms with E-state index in [4.69, 9.17) is 13.9 Å². The summed E-state index contributed by atoms with van der Waals surface area (Å²) in [5, 5.41) is 2.19. The molecular weight excluding hydrogens is 566 g/mol. The largest absolute Gasteiger partial charge is 0.456 e. The zero-order chi connectivity index (χ0) is 30.5. The average molecular weight is 594 g/mol. The number of anilines is 3. The summed E-state index contributed by atoms with van der Waals surface area (Å²) in [6.45, 7) is 0. The highest BCUT2D eigenvalue weighted by Gasteiger charge is 2.23. The van der Waals surface area contributed by atoms with E-state index in [9.17, 15) is 0 Å². The first kappa shape index (κ1) is 26.2. The minimum atomic E-state index is 0.661. The molecule has 0 unspecified atom stereocenters. The standard InChI is InChI=1S/C42H27NO3/c1-3-11-28(12-4-1)30-23-31(29-13-5-2-6-14-29)25-34(24-30)43(32-19-21-36-35-15-7-8-16-37(35)44-41(36)26-32)33-20-22-40-42(27-33)46-39-18-10-9-17-38(39)45-40/h1-27H. The van der Waals surface area contributed by atoms with Gasteiger partial charge in [0.15, 0.2) is 23.0 Å². The van der Waals surface area contributed by atoms with Gasteiger partial charge in [0.1, 0.15) is 11.2 Å². The van der Waals surface area contributed by atoms with E-state index >= 15 is 0 Å². The number of furan rings is 1. The molecule has 218 valence electrons. The zero-order valence-corrected chi connectivity index (χ0v) is 24.8. The minimum Gasteiger partial charge on any atom is -0.456 e. The second-order valence-corrected chi connectivity index (χ2v) is 11.4. The molecule has 0 fully saturated rings. The van der Waals surface area contributed by atoms with E-state index < -0.39 is 0 Å². The normalized spacial score (nSPS) is 11.8.